The minimum atomic E-state index is -3.79. The van der Waals surface area contributed by atoms with Gasteiger partial charge in [-0.15, -0.1) is 0 Å². The largest absolute Gasteiger partial charge is 0.289 e. The van der Waals surface area contributed by atoms with E-state index in [2.05, 4.69) is 14.5 Å². The van der Waals surface area contributed by atoms with Crippen LogP contribution in [-0.2, 0) is 21.3 Å². The maximum Gasteiger partial charge on any atom is 0.261 e. The van der Waals surface area contributed by atoms with Crippen LogP contribution in [0.2, 0.25) is 5.02 Å². The Balaban J connectivity index is 1.46. The predicted octanol–water partition coefficient (Wildman–Crippen LogP) is 4.30. The highest BCUT2D eigenvalue weighted by Gasteiger charge is 2.19. The van der Waals surface area contributed by atoms with Crippen molar-refractivity contribution in [1.29, 1.82) is 0 Å². The van der Waals surface area contributed by atoms with E-state index < -0.39 is 21.3 Å². The molecule has 0 aliphatic carbocycles. The number of nitrogens with one attached hydrogen (secondary N) is 2. The Labute approximate surface area is 193 Å². The van der Waals surface area contributed by atoms with E-state index in [9.17, 15) is 12.6 Å². The van der Waals surface area contributed by atoms with Gasteiger partial charge in [-0.05, 0) is 66.2 Å². The molecule has 32 heavy (non-hydrogen) atoms. The Bertz CT molecular complexity index is 1260. The van der Waals surface area contributed by atoms with Gasteiger partial charge in [-0.25, -0.2) is 12.6 Å². The molecule has 3 N–H and O–H groups in total. The average Bonchev–Trinajstić information content (AvgIpc) is 3.25. The van der Waals surface area contributed by atoms with Crippen molar-refractivity contribution in [1.82, 2.24) is 0 Å². The third-order valence-electron chi connectivity index (χ3n) is 4.77. The summed E-state index contributed by atoms with van der Waals surface area (Å²) in [6.07, 6.45) is 0.776. The molecule has 0 bridgehead atoms. The van der Waals surface area contributed by atoms with Gasteiger partial charge in [0.05, 0.1) is 16.3 Å². The molecule has 1 aliphatic heterocycles. The first-order valence-electron chi connectivity index (χ1n) is 9.52. The number of hydrogen-bond donors (Lipinski definition) is 3. The topological polar surface area (TPSA) is 111 Å². The molecule has 0 saturated heterocycles. The van der Waals surface area contributed by atoms with Crippen molar-refractivity contribution in [3.63, 3.8) is 0 Å². The normalized spacial score (nSPS) is 14.7. The molecular formula is C21H19ClN4O4S2. The van der Waals surface area contributed by atoms with E-state index in [-0.39, 0.29) is 4.90 Å². The van der Waals surface area contributed by atoms with Crippen LogP contribution >= 0.6 is 11.6 Å². The van der Waals surface area contributed by atoms with Gasteiger partial charge < -0.3 is 0 Å². The third kappa shape index (κ3) is 5.28. The molecule has 1 aliphatic rings. The number of hydrogen-bond acceptors (Lipinski definition) is 5. The molecule has 0 fully saturated rings. The summed E-state index contributed by atoms with van der Waals surface area (Å²) in [6, 6.07) is 20.0. The first-order valence-corrected chi connectivity index (χ1v) is 12.5. The zero-order valence-electron chi connectivity index (χ0n) is 16.6. The second kappa shape index (κ2) is 9.29. The summed E-state index contributed by atoms with van der Waals surface area (Å²) >= 11 is 3.75. The number of nitrogens with zero attached hydrogens (tertiary/aromatic N) is 2. The smallest absolute Gasteiger partial charge is 0.261 e. The summed E-state index contributed by atoms with van der Waals surface area (Å²) in [5.74, 6) is 0. The number of halogens is 1. The van der Waals surface area contributed by atoms with Crippen molar-refractivity contribution < 1.29 is 17.2 Å². The lowest BCUT2D eigenvalue weighted by molar-refractivity contribution is 0.570. The summed E-state index contributed by atoms with van der Waals surface area (Å²) in [4.78, 5) is 0.112. The van der Waals surface area contributed by atoms with Gasteiger partial charge in [0.15, 0.2) is 0 Å². The molecule has 4 rings (SSSR count). The fourth-order valence-electron chi connectivity index (χ4n) is 3.21. The van der Waals surface area contributed by atoms with Crippen LogP contribution in [0.3, 0.4) is 0 Å². The number of anilines is 3. The Morgan fingerprint density at radius 2 is 1.56 bits per heavy atom. The van der Waals surface area contributed by atoms with E-state index in [0.717, 1.165) is 23.4 Å². The third-order valence-corrected chi connectivity index (χ3v) is 6.83. The van der Waals surface area contributed by atoms with Gasteiger partial charge in [-0.3, -0.25) is 19.0 Å². The van der Waals surface area contributed by atoms with Gasteiger partial charge >= 0.3 is 0 Å². The van der Waals surface area contributed by atoms with Gasteiger partial charge in [0.1, 0.15) is 0 Å². The van der Waals surface area contributed by atoms with Gasteiger partial charge in [0, 0.05) is 29.4 Å². The molecule has 0 aromatic heterocycles. The molecule has 3 aromatic rings. The molecule has 8 nitrogen and oxygen atoms in total. The van der Waals surface area contributed by atoms with E-state index >= 15 is 0 Å². The van der Waals surface area contributed by atoms with Crippen LogP contribution in [-0.4, -0.2) is 29.4 Å². The van der Waals surface area contributed by atoms with E-state index in [4.69, 9.17) is 16.2 Å². The molecule has 0 saturated carbocycles. The van der Waals surface area contributed by atoms with E-state index in [1.165, 1.54) is 36.4 Å². The van der Waals surface area contributed by atoms with Crippen molar-refractivity contribution in [2.24, 2.45) is 5.10 Å². The Kier molecular flexibility index (Phi) is 6.47. The molecular weight excluding hydrogens is 472 g/mol. The number of benzene rings is 3. The van der Waals surface area contributed by atoms with E-state index in [0.29, 0.717) is 22.9 Å². The van der Waals surface area contributed by atoms with Crippen LogP contribution in [0, 0.1) is 0 Å². The number of sulfonamides is 1. The first kappa shape index (κ1) is 22.3. The molecule has 1 heterocycles. The summed E-state index contributed by atoms with van der Waals surface area (Å²) in [5, 5.41) is 7.15. The number of hydrazone groups is 1. The maximum absolute atomic E-state index is 12.7. The molecule has 0 radical (unpaired) electrons. The minimum Gasteiger partial charge on any atom is -0.289 e. The van der Waals surface area contributed by atoms with Crippen molar-refractivity contribution in [2.75, 3.05) is 21.0 Å². The van der Waals surface area contributed by atoms with Crippen molar-refractivity contribution >= 4 is 55.7 Å². The Hall–Kier alpha value is -2.92. The SMILES string of the molecule is O=S(O)Nc1ccc(NS(=O)(=O)c2ccc(N3CCC(c4ccc(Cl)cc4)=N3)cc2)cc1. The van der Waals surface area contributed by atoms with E-state index in [1.807, 2.05) is 29.3 Å². The Morgan fingerprint density at radius 1 is 0.938 bits per heavy atom. The average molecular weight is 491 g/mol. The second-order valence-corrected chi connectivity index (χ2v) is 9.78. The van der Waals surface area contributed by atoms with Crippen LogP contribution in [0.1, 0.15) is 12.0 Å². The predicted molar refractivity (Wildman–Crippen MR) is 128 cm³/mol. The molecule has 0 spiro atoms. The summed E-state index contributed by atoms with van der Waals surface area (Å²) < 4.78 is 49.8. The van der Waals surface area contributed by atoms with Crippen molar-refractivity contribution in [3.8, 4) is 0 Å². The van der Waals surface area contributed by atoms with Gasteiger partial charge in [0.2, 0.25) is 0 Å². The summed E-state index contributed by atoms with van der Waals surface area (Å²) in [6.45, 7) is 0.696. The van der Waals surface area contributed by atoms with Crippen LogP contribution in [0.15, 0.2) is 82.8 Å². The second-order valence-electron chi connectivity index (χ2n) is 6.95. The fourth-order valence-corrected chi connectivity index (χ4v) is 4.73. The lowest BCUT2D eigenvalue weighted by Gasteiger charge is -2.14. The van der Waals surface area contributed by atoms with Crippen LogP contribution in [0.25, 0.3) is 0 Å². The minimum absolute atomic E-state index is 0.112. The summed E-state index contributed by atoms with van der Waals surface area (Å²) in [7, 11) is -3.79. The van der Waals surface area contributed by atoms with E-state index in [1.54, 1.807) is 12.1 Å². The standard InChI is InChI=1S/C21H19ClN4O4S2/c22-16-3-1-15(2-4-16)21-13-14-26(23-21)19-9-11-20(12-10-19)32(29,30)25-18-7-5-17(6-8-18)24-31(27)28/h1-12,24-25H,13-14H2,(H,27,28). The molecule has 0 amide bonds. The molecule has 3 aromatic carbocycles. The zero-order chi connectivity index (χ0) is 22.7. The van der Waals surface area contributed by atoms with Gasteiger partial charge in [-0.1, -0.05) is 23.7 Å². The zero-order valence-corrected chi connectivity index (χ0v) is 19.0. The van der Waals surface area contributed by atoms with Crippen molar-refractivity contribution in [3.05, 3.63) is 83.4 Å². The fraction of sp³-hybridized carbons (Fsp3) is 0.0952. The lowest BCUT2D eigenvalue weighted by atomic mass is 10.1. The van der Waals surface area contributed by atoms with Crippen molar-refractivity contribution in [2.45, 2.75) is 11.3 Å². The highest BCUT2D eigenvalue weighted by Crippen LogP contribution is 2.25. The lowest BCUT2D eigenvalue weighted by Crippen LogP contribution is -2.14. The molecule has 1 atom stereocenters. The summed E-state index contributed by atoms with van der Waals surface area (Å²) in [5.41, 5.74) is 3.47. The number of rotatable bonds is 7. The molecule has 1 unspecified atom stereocenters. The quantitative estimate of drug-likeness (QED) is 0.427. The molecule has 166 valence electrons. The first-order chi connectivity index (χ1) is 15.3. The van der Waals surface area contributed by atoms with Crippen LogP contribution < -0.4 is 14.5 Å². The van der Waals surface area contributed by atoms with Crippen LogP contribution in [0.4, 0.5) is 17.1 Å². The molecule has 11 heteroatoms. The Morgan fingerprint density at radius 3 is 2.19 bits per heavy atom. The van der Waals surface area contributed by atoms with Gasteiger partial charge in [-0.2, -0.15) is 5.10 Å². The van der Waals surface area contributed by atoms with Gasteiger partial charge in [0.25, 0.3) is 21.3 Å². The van der Waals surface area contributed by atoms with Crippen LogP contribution in [0.5, 0.6) is 0 Å². The monoisotopic (exact) mass is 490 g/mol. The highest BCUT2D eigenvalue weighted by atomic mass is 35.5. The highest BCUT2D eigenvalue weighted by molar-refractivity contribution is 7.92. The maximum atomic E-state index is 12.7.